The van der Waals surface area contributed by atoms with Crippen LogP contribution in [0.25, 0.3) is 6.08 Å². The summed E-state index contributed by atoms with van der Waals surface area (Å²) in [6, 6.07) is 11.8. The van der Waals surface area contributed by atoms with Gasteiger partial charge in [-0.1, -0.05) is 24.3 Å². The molecule has 2 amide bonds. The van der Waals surface area contributed by atoms with E-state index < -0.39 is 10.8 Å². The van der Waals surface area contributed by atoms with Crippen molar-refractivity contribution in [2.75, 3.05) is 25.0 Å². The SMILES string of the molecule is Cc1cccc(NC(=O)CN(CC2CCCO2)C(=O)/C=C/c2ccccc2[N+](=O)[O-])c1C. The third-order valence-electron chi connectivity index (χ3n) is 5.51. The van der Waals surface area contributed by atoms with E-state index in [1.54, 1.807) is 18.2 Å². The highest BCUT2D eigenvalue weighted by Crippen LogP contribution is 2.20. The van der Waals surface area contributed by atoms with Gasteiger partial charge < -0.3 is 15.0 Å². The second-order valence-corrected chi connectivity index (χ2v) is 7.80. The molecule has 0 aliphatic carbocycles. The van der Waals surface area contributed by atoms with Crippen molar-refractivity contribution in [1.82, 2.24) is 4.90 Å². The summed E-state index contributed by atoms with van der Waals surface area (Å²) in [7, 11) is 0. The van der Waals surface area contributed by atoms with E-state index in [0.717, 1.165) is 24.0 Å². The van der Waals surface area contributed by atoms with Crippen molar-refractivity contribution in [3.05, 3.63) is 75.3 Å². The average molecular weight is 437 g/mol. The number of anilines is 1. The van der Waals surface area contributed by atoms with Gasteiger partial charge in [0.05, 0.1) is 16.6 Å². The highest BCUT2D eigenvalue weighted by atomic mass is 16.6. The van der Waals surface area contributed by atoms with Crippen molar-refractivity contribution in [2.45, 2.75) is 32.8 Å². The second kappa shape index (κ2) is 10.7. The number of nitrogens with zero attached hydrogens (tertiary/aromatic N) is 2. The largest absolute Gasteiger partial charge is 0.376 e. The lowest BCUT2D eigenvalue weighted by molar-refractivity contribution is -0.385. The maximum atomic E-state index is 12.9. The molecule has 2 aromatic rings. The van der Waals surface area contributed by atoms with Gasteiger partial charge in [-0.05, 0) is 56.0 Å². The van der Waals surface area contributed by atoms with E-state index in [1.165, 1.54) is 23.1 Å². The van der Waals surface area contributed by atoms with Gasteiger partial charge in [0.1, 0.15) is 6.54 Å². The first-order valence-electron chi connectivity index (χ1n) is 10.5. The van der Waals surface area contributed by atoms with Crippen LogP contribution < -0.4 is 5.32 Å². The molecule has 0 saturated carbocycles. The Balaban J connectivity index is 1.74. The van der Waals surface area contributed by atoms with Gasteiger partial charge >= 0.3 is 0 Å². The molecule has 1 heterocycles. The zero-order chi connectivity index (χ0) is 23.1. The van der Waals surface area contributed by atoms with Crippen LogP contribution in [0.3, 0.4) is 0 Å². The van der Waals surface area contributed by atoms with Crippen LogP contribution in [0.5, 0.6) is 0 Å². The van der Waals surface area contributed by atoms with E-state index >= 15 is 0 Å². The van der Waals surface area contributed by atoms with E-state index in [2.05, 4.69) is 5.32 Å². The van der Waals surface area contributed by atoms with E-state index in [9.17, 15) is 19.7 Å². The predicted octanol–water partition coefficient (Wildman–Crippen LogP) is 3.87. The molecule has 1 aliphatic rings. The number of nitro benzene ring substituents is 1. The topological polar surface area (TPSA) is 102 Å². The van der Waals surface area contributed by atoms with Crippen LogP contribution in [0.2, 0.25) is 0 Å². The van der Waals surface area contributed by atoms with Gasteiger partial charge in [-0.15, -0.1) is 0 Å². The minimum absolute atomic E-state index is 0.0881. The third kappa shape index (κ3) is 6.01. The Morgan fingerprint density at radius 3 is 2.72 bits per heavy atom. The molecule has 1 aliphatic heterocycles. The zero-order valence-corrected chi connectivity index (χ0v) is 18.2. The van der Waals surface area contributed by atoms with Gasteiger partial charge in [0.2, 0.25) is 11.8 Å². The number of benzene rings is 2. The van der Waals surface area contributed by atoms with Crippen LogP contribution in [0.1, 0.15) is 29.5 Å². The van der Waals surface area contributed by atoms with Crippen molar-refractivity contribution >= 4 is 29.3 Å². The molecule has 0 radical (unpaired) electrons. The first-order valence-corrected chi connectivity index (χ1v) is 10.5. The lowest BCUT2D eigenvalue weighted by Crippen LogP contribution is -2.41. The standard InChI is InChI=1S/C24H27N3O5/c1-17-7-5-10-21(18(17)2)25-23(28)16-26(15-20-9-6-14-32-20)24(29)13-12-19-8-3-4-11-22(19)27(30)31/h3-5,7-8,10-13,20H,6,9,14-16H2,1-2H3,(H,25,28)/b13-12+. The summed E-state index contributed by atoms with van der Waals surface area (Å²) in [5.41, 5.74) is 2.96. The molecule has 32 heavy (non-hydrogen) atoms. The van der Waals surface area contributed by atoms with E-state index in [4.69, 9.17) is 4.74 Å². The zero-order valence-electron chi connectivity index (χ0n) is 18.2. The lowest BCUT2D eigenvalue weighted by Gasteiger charge is -2.24. The fourth-order valence-electron chi connectivity index (χ4n) is 3.58. The molecule has 3 rings (SSSR count). The molecule has 0 aromatic heterocycles. The highest BCUT2D eigenvalue weighted by Gasteiger charge is 2.24. The Kier molecular flexibility index (Phi) is 7.72. The summed E-state index contributed by atoms with van der Waals surface area (Å²) < 4.78 is 5.64. The third-order valence-corrected chi connectivity index (χ3v) is 5.51. The quantitative estimate of drug-likeness (QED) is 0.384. The first kappa shape index (κ1) is 23.1. The predicted molar refractivity (Wildman–Crippen MR) is 122 cm³/mol. The van der Waals surface area contributed by atoms with Crippen molar-refractivity contribution in [3.63, 3.8) is 0 Å². The normalized spacial score (nSPS) is 15.6. The maximum Gasteiger partial charge on any atom is 0.276 e. The Bertz CT molecular complexity index is 1030. The Labute approximate surface area is 187 Å². The number of ether oxygens (including phenoxy) is 1. The summed E-state index contributed by atoms with van der Waals surface area (Å²) in [4.78, 5) is 37.8. The van der Waals surface area contributed by atoms with Crippen LogP contribution in [-0.2, 0) is 14.3 Å². The molecule has 8 nitrogen and oxygen atoms in total. The summed E-state index contributed by atoms with van der Waals surface area (Å²) in [6.07, 6.45) is 4.27. The number of nitrogens with one attached hydrogen (secondary N) is 1. The number of aryl methyl sites for hydroxylation is 1. The van der Waals surface area contributed by atoms with E-state index in [-0.39, 0.29) is 30.8 Å². The number of hydrogen-bond acceptors (Lipinski definition) is 5. The van der Waals surface area contributed by atoms with Crippen LogP contribution in [0.15, 0.2) is 48.5 Å². The van der Waals surface area contributed by atoms with Crippen molar-refractivity contribution in [1.29, 1.82) is 0 Å². The molecule has 2 aromatic carbocycles. The monoisotopic (exact) mass is 437 g/mol. The number of carbonyl (C=O) groups excluding carboxylic acids is 2. The Morgan fingerprint density at radius 1 is 1.22 bits per heavy atom. The number of hydrogen-bond donors (Lipinski definition) is 1. The molecular formula is C24H27N3O5. The maximum absolute atomic E-state index is 12.9. The molecule has 0 bridgehead atoms. The second-order valence-electron chi connectivity index (χ2n) is 7.80. The molecule has 8 heteroatoms. The number of amides is 2. The van der Waals surface area contributed by atoms with Crippen molar-refractivity contribution < 1.29 is 19.2 Å². The Hall–Kier alpha value is -3.52. The molecule has 1 atom stereocenters. The highest BCUT2D eigenvalue weighted by molar-refractivity contribution is 5.98. The van der Waals surface area contributed by atoms with Crippen molar-refractivity contribution in [3.8, 4) is 0 Å². The van der Waals surface area contributed by atoms with Crippen LogP contribution in [0.4, 0.5) is 11.4 Å². The average Bonchev–Trinajstić information content (AvgIpc) is 3.28. The number of nitro groups is 1. The van der Waals surface area contributed by atoms with Crippen LogP contribution in [0, 0.1) is 24.0 Å². The van der Waals surface area contributed by atoms with Gasteiger partial charge in [0.25, 0.3) is 5.69 Å². The molecule has 168 valence electrons. The molecule has 1 N–H and O–H groups in total. The summed E-state index contributed by atoms with van der Waals surface area (Å²) in [5, 5.41) is 14.1. The molecule has 1 saturated heterocycles. The van der Waals surface area contributed by atoms with Crippen molar-refractivity contribution in [2.24, 2.45) is 0 Å². The van der Waals surface area contributed by atoms with Gasteiger partial charge in [0.15, 0.2) is 0 Å². The summed E-state index contributed by atoms with van der Waals surface area (Å²) >= 11 is 0. The van der Waals surface area contributed by atoms with E-state index in [1.807, 2.05) is 32.0 Å². The number of rotatable bonds is 8. The van der Waals surface area contributed by atoms with Gasteiger partial charge in [-0.3, -0.25) is 19.7 Å². The van der Waals surface area contributed by atoms with Gasteiger partial charge in [-0.2, -0.15) is 0 Å². The van der Waals surface area contributed by atoms with Gasteiger partial charge in [0, 0.05) is 31.0 Å². The minimum Gasteiger partial charge on any atom is -0.376 e. The molecule has 1 fully saturated rings. The summed E-state index contributed by atoms with van der Waals surface area (Å²) in [5.74, 6) is -0.723. The molecular weight excluding hydrogens is 410 g/mol. The Morgan fingerprint density at radius 2 is 2.00 bits per heavy atom. The van der Waals surface area contributed by atoms with Gasteiger partial charge in [-0.25, -0.2) is 0 Å². The van der Waals surface area contributed by atoms with Crippen LogP contribution >= 0.6 is 0 Å². The smallest absolute Gasteiger partial charge is 0.276 e. The number of carbonyl (C=O) groups is 2. The lowest BCUT2D eigenvalue weighted by atomic mass is 10.1. The number of para-hydroxylation sites is 1. The molecule has 0 spiro atoms. The van der Waals surface area contributed by atoms with Crippen LogP contribution in [-0.4, -0.2) is 47.4 Å². The van der Waals surface area contributed by atoms with E-state index in [0.29, 0.717) is 17.9 Å². The summed E-state index contributed by atoms with van der Waals surface area (Å²) in [6.45, 7) is 4.66. The molecule has 1 unspecified atom stereocenters. The minimum atomic E-state index is -0.494. The fraction of sp³-hybridized carbons (Fsp3) is 0.333. The first-order chi connectivity index (χ1) is 15.3. The fourth-order valence-corrected chi connectivity index (χ4v) is 3.58.